The lowest BCUT2D eigenvalue weighted by atomic mass is 9.86. The molecule has 1 aromatic heterocycles. The smallest absolute Gasteiger partial charge is 0.221 e. The number of allylic oxidation sites excluding steroid dienone is 1. The predicted octanol–water partition coefficient (Wildman–Crippen LogP) is 6.50. The van der Waals surface area contributed by atoms with Crippen molar-refractivity contribution in [2.24, 2.45) is 0 Å². The SMILES string of the molecule is CC(=O)Nc1ccc(N2C(=S)N[C@@H](c3ccccn3)[C@H]2c2cc3c(cc2Cl)N(C)C(C)(C)C=C3C)cc1. The van der Waals surface area contributed by atoms with Gasteiger partial charge in [-0.05, 0) is 92.7 Å². The Balaban J connectivity index is 1.65. The summed E-state index contributed by atoms with van der Waals surface area (Å²) >= 11 is 12.9. The molecule has 0 saturated carbocycles. The highest BCUT2D eigenvalue weighted by Crippen LogP contribution is 2.47. The summed E-state index contributed by atoms with van der Waals surface area (Å²) in [7, 11) is 2.10. The molecule has 0 unspecified atom stereocenters. The molecule has 2 aromatic carbocycles. The molecule has 2 aliphatic rings. The fraction of sp³-hybridized carbons (Fsp3) is 0.276. The van der Waals surface area contributed by atoms with Crippen LogP contribution in [0.4, 0.5) is 17.1 Å². The summed E-state index contributed by atoms with van der Waals surface area (Å²) in [4.78, 5) is 20.5. The monoisotopic (exact) mass is 531 g/mol. The van der Waals surface area contributed by atoms with Gasteiger partial charge in [-0.1, -0.05) is 23.7 Å². The van der Waals surface area contributed by atoms with E-state index in [4.69, 9.17) is 23.8 Å². The Morgan fingerprint density at radius 3 is 2.54 bits per heavy atom. The number of pyridine rings is 1. The van der Waals surface area contributed by atoms with Gasteiger partial charge in [0.15, 0.2) is 5.11 Å². The van der Waals surface area contributed by atoms with E-state index in [-0.39, 0.29) is 23.5 Å². The summed E-state index contributed by atoms with van der Waals surface area (Å²) in [6.45, 7) is 8.04. The van der Waals surface area contributed by atoms with Crippen LogP contribution < -0.4 is 20.4 Å². The van der Waals surface area contributed by atoms with E-state index in [0.29, 0.717) is 10.1 Å². The summed E-state index contributed by atoms with van der Waals surface area (Å²) in [5.41, 5.74) is 6.83. The number of nitrogens with one attached hydrogen (secondary N) is 2. The van der Waals surface area contributed by atoms with Crippen LogP contribution in [0.15, 0.2) is 66.9 Å². The molecule has 2 N–H and O–H groups in total. The van der Waals surface area contributed by atoms with Crippen LogP contribution in [0.5, 0.6) is 0 Å². The summed E-state index contributed by atoms with van der Waals surface area (Å²) in [5, 5.41) is 7.58. The van der Waals surface area contributed by atoms with Crippen LogP contribution >= 0.6 is 23.8 Å². The van der Waals surface area contributed by atoms with Crippen LogP contribution in [-0.2, 0) is 4.79 Å². The number of aromatic nitrogens is 1. The minimum Gasteiger partial charge on any atom is -0.365 e. The van der Waals surface area contributed by atoms with Crippen LogP contribution in [0.2, 0.25) is 5.02 Å². The lowest BCUT2D eigenvalue weighted by Crippen LogP contribution is -2.42. The van der Waals surface area contributed by atoms with Crippen molar-refractivity contribution >= 4 is 57.5 Å². The maximum atomic E-state index is 11.5. The molecular formula is C29H30ClN5OS. The first-order valence-corrected chi connectivity index (χ1v) is 13.0. The van der Waals surface area contributed by atoms with Gasteiger partial charge >= 0.3 is 0 Å². The number of benzene rings is 2. The molecule has 5 rings (SSSR count). The fourth-order valence-electron chi connectivity index (χ4n) is 5.27. The number of hydrogen-bond acceptors (Lipinski definition) is 4. The minimum atomic E-state index is -0.236. The van der Waals surface area contributed by atoms with Crippen molar-refractivity contribution in [1.29, 1.82) is 0 Å². The molecule has 1 amide bonds. The van der Waals surface area contributed by atoms with Gasteiger partial charge in [0, 0.05) is 47.8 Å². The number of rotatable bonds is 4. The minimum absolute atomic E-state index is 0.114. The average molecular weight is 532 g/mol. The summed E-state index contributed by atoms with van der Waals surface area (Å²) in [5.74, 6) is -0.114. The first-order chi connectivity index (χ1) is 17.6. The molecular weight excluding hydrogens is 502 g/mol. The van der Waals surface area contributed by atoms with Gasteiger partial charge in [0.1, 0.15) is 0 Å². The van der Waals surface area contributed by atoms with Gasteiger partial charge in [0.05, 0.1) is 23.3 Å². The second-order valence-corrected chi connectivity index (χ2v) is 10.9. The number of carbonyl (C=O) groups is 1. The van der Waals surface area contributed by atoms with Crippen molar-refractivity contribution in [2.75, 3.05) is 22.2 Å². The highest BCUT2D eigenvalue weighted by atomic mass is 35.5. The number of halogens is 1. The number of fused-ring (bicyclic) bond motifs is 1. The van der Waals surface area contributed by atoms with E-state index in [2.05, 4.69) is 71.4 Å². The summed E-state index contributed by atoms with van der Waals surface area (Å²) in [6.07, 6.45) is 4.08. The van der Waals surface area contributed by atoms with Crippen molar-refractivity contribution in [1.82, 2.24) is 10.3 Å². The third-order valence-corrected chi connectivity index (χ3v) is 7.86. The van der Waals surface area contributed by atoms with Crippen molar-refractivity contribution in [3.05, 3.63) is 88.7 Å². The maximum Gasteiger partial charge on any atom is 0.221 e. The van der Waals surface area contributed by atoms with Crippen LogP contribution in [-0.4, -0.2) is 28.6 Å². The largest absolute Gasteiger partial charge is 0.365 e. The predicted molar refractivity (Wildman–Crippen MR) is 156 cm³/mol. The number of amides is 1. The Labute approximate surface area is 228 Å². The zero-order valence-electron chi connectivity index (χ0n) is 21.5. The molecule has 3 aromatic rings. The highest BCUT2D eigenvalue weighted by Gasteiger charge is 2.42. The molecule has 37 heavy (non-hydrogen) atoms. The van der Waals surface area contributed by atoms with E-state index >= 15 is 0 Å². The Kier molecular flexibility index (Phi) is 6.46. The number of likely N-dealkylation sites (N-methyl/N-ethyl adjacent to an activating group) is 1. The Morgan fingerprint density at radius 1 is 1.16 bits per heavy atom. The molecule has 0 spiro atoms. The quantitative estimate of drug-likeness (QED) is 0.375. The normalized spacial score (nSPS) is 20.3. The molecule has 0 aliphatic carbocycles. The fourth-order valence-corrected chi connectivity index (χ4v) is 5.89. The molecule has 190 valence electrons. The van der Waals surface area contributed by atoms with E-state index in [1.807, 2.05) is 42.5 Å². The number of carbonyl (C=O) groups excluding carboxylic acids is 1. The van der Waals surface area contributed by atoms with E-state index in [1.165, 1.54) is 12.5 Å². The first-order valence-electron chi connectivity index (χ1n) is 12.2. The Hall–Kier alpha value is -3.42. The molecule has 8 heteroatoms. The zero-order chi connectivity index (χ0) is 26.5. The Bertz CT molecular complexity index is 1400. The summed E-state index contributed by atoms with van der Waals surface area (Å²) < 4.78 is 0. The molecule has 1 saturated heterocycles. The van der Waals surface area contributed by atoms with Crippen molar-refractivity contribution in [3.63, 3.8) is 0 Å². The number of nitrogens with zero attached hydrogens (tertiary/aromatic N) is 3. The van der Waals surface area contributed by atoms with E-state index in [1.54, 1.807) is 6.20 Å². The second kappa shape index (κ2) is 9.47. The van der Waals surface area contributed by atoms with E-state index in [9.17, 15) is 4.79 Å². The molecule has 3 heterocycles. The lowest BCUT2D eigenvalue weighted by Gasteiger charge is -2.41. The zero-order valence-corrected chi connectivity index (χ0v) is 23.1. The highest BCUT2D eigenvalue weighted by molar-refractivity contribution is 7.80. The topological polar surface area (TPSA) is 60.5 Å². The van der Waals surface area contributed by atoms with Gasteiger partial charge in [0.25, 0.3) is 0 Å². The number of thiocarbonyl (C=S) groups is 1. The van der Waals surface area contributed by atoms with Crippen molar-refractivity contribution < 1.29 is 4.79 Å². The van der Waals surface area contributed by atoms with Gasteiger partial charge in [-0.15, -0.1) is 0 Å². The van der Waals surface area contributed by atoms with Crippen LogP contribution in [0, 0.1) is 0 Å². The maximum absolute atomic E-state index is 11.5. The van der Waals surface area contributed by atoms with E-state index in [0.717, 1.165) is 33.9 Å². The lowest BCUT2D eigenvalue weighted by molar-refractivity contribution is -0.114. The van der Waals surface area contributed by atoms with Crippen LogP contribution in [0.1, 0.15) is 56.6 Å². The Morgan fingerprint density at radius 2 is 1.89 bits per heavy atom. The standard InChI is InChI=1S/C29H30ClN5OS/c1-17-16-29(3,4)34(5)25-15-23(30)22(14-21(17)25)27-26(24-8-6-7-13-31-24)33-28(37)35(27)20-11-9-19(10-12-20)32-18(2)36/h6-16,26-27H,1-5H3,(H,32,36)(H,33,37)/t26-,27+/m0/s1. The van der Waals surface area contributed by atoms with Crippen molar-refractivity contribution in [3.8, 4) is 0 Å². The van der Waals surface area contributed by atoms with E-state index < -0.39 is 0 Å². The van der Waals surface area contributed by atoms with Crippen molar-refractivity contribution in [2.45, 2.75) is 45.3 Å². The summed E-state index contributed by atoms with van der Waals surface area (Å²) in [6, 6.07) is 17.4. The molecule has 6 nitrogen and oxygen atoms in total. The van der Waals surface area contributed by atoms with Gasteiger partial charge < -0.3 is 20.4 Å². The third-order valence-electron chi connectivity index (χ3n) is 7.22. The van der Waals surface area contributed by atoms with Gasteiger partial charge in [-0.25, -0.2) is 0 Å². The number of hydrogen-bond donors (Lipinski definition) is 2. The third kappa shape index (κ3) is 4.58. The molecule has 1 fully saturated rings. The molecule has 2 aliphatic heterocycles. The number of anilines is 3. The second-order valence-electron chi connectivity index (χ2n) is 10.2. The molecule has 0 bridgehead atoms. The van der Waals surface area contributed by atoms with Gasteiger partial charge in [-0.3, -0.25) is 9.78 Å². The first kappa shape index (κ1) is 25.2. The van der Waals surface area contributed by atoms with Gasteiger partial charge in [-0.2, -0.15) is 0 Å². The van der Waals surface area contributed by atoms with Crippen LogP contribution in [0.25, 0.3) is 5.57 Å². The van der Waals surface area contributed by atoms with Crippen LogP contribution in [0.3, 0.4) is 0 Å². The van der Waals surface area contributed by atoms with Gasteiger partial charge in [0.2, 0.25) is 5.91 Å². The molecule has 0 radical (unpaired) electrons. The average Bonchev–Trinajstić information content (AvgIpc) is 3.19. The molecule has 2 atom stereocenters.